The lowest BCUT2D eigenvalue weighted by atomic mass is 10.00. The molecule has 0 aliphatic heterocycles. The third-order valence-corrected chi connectivity index (χ3v) is 18.9. The second-order valence-electron chi connectivity index (χ2n) is 27.1. The summed E-state index contributed by atoms with van der Waals surface area (Å²) in [7, 11) is -9.90. The molecule has 0 aromatic heterocycles. The van der Waals surface area contributed by atoms with Gasteiger partial charge in [0, 0.05) is 25.7 Å². The molecule has 17 nitrogen and oxygen atoms in total. The van der Waals surface area contributed by atoms with Crippen molar-refractivity contribution in [2.75, 3.05) is 39.6 Å². The van der Waals surface area contributed by atoms with E-state index in [1.807, 2.05) is 0 Å². The summed E-state index contributed by atoms with van der Waals surface area (Å²) in [5.74, 6) is 0.884. The van der Waals surface area contributed by atoms with Gasteiger partial charge in [-0.25, -0.2) is 9.13 Å². The number of esters is 4. The van der Waals surface area contributed by atoms with E-state index in [4.69, 9.17) is 37.0 Å². The second-order valence-corrected chi connectivity index (χ2v) is 30.0. The Labute approximate surface area is 549 Å². The maximum Gasteiger partial charge on any atom is 0.472 e. The molecule has 90 heavy (non-hydrogen) atoms. The van der Waals surface area contributed by atoms with Gasteiger partial charge >= 0.3 is 39.5 Å². The average Bonchev–Trinajstić information content (AvgIpc) is 3.00. The molecule has 0 aromatic rings. The van der Waals surface area contributed by atoms with Gasteiger partial charge in [0.2, 0.25) is 0 Å². The van der Waals surface area contributed by atoms with E-state index in [0.29, 0.717) is 25.7 Å². The van der Waals surface area contributed by atoms with Gasteiger partial charge < -0.3 is 33.8 Å². The fraction of sp³-hybridized carbons (Fsp3) is 0.944. The molecule has 0 spiro atoms. The Morgan fingerprint density at radius 2 is 0.533 bits per heavy atom. The van der Waals surface area contributed by atoms with Gasteiger partial charge in [-0.05, 0) is 49.4 Å². The molecule has 0 radical (unpaired) electrons. The third-order valence-electron chi connectivity index (χ3n) is 17.0. The summed E-state index contributed by atoms with van der Waals surface area (Å²) in [5.41, 5.74) is 0. The zero-order valence-electron chi connectivity index (χ0n) is 58.8. The predicted octanol–water partition coefficient (Wildman–Crippen LogP) is 20.1. The number of unbranched alkanes of at least 4 members (excludes halogenated alkanes) is 32. The number of phosphoric ester groups is 2. The standard InChI is InChI=1S/C71H138O17P2/c1-9-63(7)49-41-33-27-29-35-43-51-68(73)81-57-66(87-70(75)53-45-37-25-21-17-13-11-12-15-19-23-31-39-47-61(3)4)59-85-89(77,78)83-55-65(72)56-84-90(79,80)86-60-67(58-82-69(74)52-44-36-30-28-34-42-50-64(8)10-2)88-71(76)54-46-38-26-22-18-14-16-20-24-32-40-48-62(5)6/h61-67,72H,9-60H2,1-8H3,(H,77,78)(H,79,80)/t63?,64?,65-,66-,67-/m1/s1. The zero-order valence-corrected chi connectivity index (χ0v) is 60.6. The molecule has 0 bridgehead atoms. The molecule has 0 aromatic carbocycles. The van der Waals surface area contributed by atoms with Crippen molar-refractivity contribution in [2.45, 2.75) is 369 Å². The lowest BCUT2D eigenvalue weighted by Crippen LogP contribution is -2.30. The number of hydrogen-bond donors (Lipinski definition) is 3. The summed E-state index contributed by atoms with van der Waals surface area (Å²) in [4.78, 5) is 72.6. The van der Waals surface area contributed by atoms with Gasteiger partial charge in [0.25, 0.3) is 0 Å². The van der Waals surface area contributed by atoms with E-state index >= 15 is 0 Å². The molecule has 0 saturated heterocycles. The van der Waals surface area contributed by atoms with Crippen molar-refractivity contribution in [3.05, 3.63) is 0 Å². The lowest BCUT2D eigenvalue weighted by Gasteiger charge is -2.21. The Kier molecular flexibility index (Phi) is 59.4. The van der Waals surface area contributed by atoms with Crippen LogP contribution in [0.3, 0.4) is 0 Å². The molecule has 0 fully saturated rings. The van der Waals surface area contributed by atoms with Gasteiger partial charge in [-0.2, -0.15) is 0 Å². The van der Waals surface area contributed by atoms with Gasteiger partial charge in [-0.3, -0.25) is 37.3 Å². The monoisotopic (exact) mass is 1320 g/mol. The van der Waals surface area contributed by atoms with Crippen LogP contribution >= 0.6 is 15.6 Å². The van der Waals surface area contributed by atoms with E-state index in [9.17, 15) is 43.2 Å². The van der Waals surface area contributed by atoms with E-state index in [-0.39, 0.29) is 25.7 Å². The SMILES string of the molecule is CCC(C)CCCCCCCCC(=O)OC[C@H](COP(=O)(O)OC[C@@H](O)COP(=O)(O)OC[C@@H](COC(=O)CCCCCCCCC(C)CC)OC(=O)CCCCCCCCCCCCCC(C)C)OC(=O)CCCCCCCCCCCCCCCC(C)C. The first-order valence-electron chi connectivity index (χ1n) is 36.8. The quantitative estimate of drug-likeness (QED) is 0.0222. The maximum atomic E-state index is 13.0. The molecule has 19 heteroatoms. The van der Waals surface area contributed by atoms with E-state index < -0.39 is 97.5 Å². The maximum absolute atomic E-state index is 13.0. The fourth-order valence-corrected chi connectivity index (χ4v) is 12.2. The minimum absolute atomic E-state index is 0.105. The summed E-state index contributed by atoms with van der Waals surface area (Å²) < 4.78 is 68.3. The number of ether oxygens (including phenoxy) is 4. The van der Waals surface area contributed by atoms with Crippen molar-refractivity contribution in [2.24, 2.45) is 23.7 Å². The van der Waals surface area contributed by atoms with Crippen LogP contribution in [-0.4, -0.2) is 96.7 Å². The highest BCUT2D eigenvalue weighted by Gasteiger charge is 2.30. The minimum atomic E-state index is -4.95. The summed E-state index contributed by atoms with van der Waals surface area (Å²) in [6.07, 6.45) is 43.1. The Hall–Kier alpha value is -1.94. The van der Waals surface area contributed by atoms with Gasteiger partial charge in [0.05, 0.1) is 26.4 Å². The number of hydrogen-bond acceptors (Lipinski definition) is 15. The molecule has 0 saturated carbocycles. The molecule has 7 atom stereocenters. The Bertz CT molecular complexity index is 1790. The Morgan fingerprint density at radius 3 is 0.789 bits per heavy atom. The van der Waals surface area contributed by atoms with Crippen molar-refractivity contribution in [3.63, 3.8) is 0 Å². The zero-order chi connectivity index (χ0) is 66.8. The highest BCUT2D eigenvalue weighted by atomic mass is 31.2. The van der Waals surface area contributed by atoms with Crippen LogP contribution < -0.4 is 0 Å². The van der Waals surface area contributed by atoms with E-state index in [2.05, 4.69) is 55.4 Å². The number of carbonyl (C=O) groups excluding carboxylic acids is 4. The number of rotatable bonds is 68. The van der Waals surface area contributed by atoms with E-state index in [0.717, 1.165) is 126 Å². The van der Waals surface area contributed by atoms with Gasteiger partial charge in [-0.15, -0.1) is 0 Å². The first-order chi connectivity index (χ1) is 43.2. The predicted molar refractivity (Wildman–Crippen MR) is 363 cm³/mol. The largest absolute Gasteiger partial charge is 0.472 e. The van der Waals surface area contributed by atoms with Crippen LogP contribution in [0.4, 0.5) is 0 Å². The molecule has 0 heterocycles. The van der Waals surface area contributed by atoms with Crippen LogP contribution in [0.2, 0.25) is 0 Å². The second kappa shape index (κ2) is 60.7. The van der Waals surface area contributed by atoms with E-state index in [1.165, 1.54) is 141 Å². The third kappa shape index (κ3) is 62.2. The highest BCUT2D eigenvalue weighted by molar-refractivity contribution is 7.47. The van der Waals surface area contributed by atoms with Crippen molar-refractivity contribution < 1.29 is 80.2 Å². The lowest BCUT2D eigenvalue weighted by molar-refractivity contribution is -0.161. The smallest absolute Gasteiger partial charge is 0.462 e. The molecule has 534 valence electrons. The Morgan fingerprint density at radius 1 is 0.311 bits per heavy atom. The first-order valence-corrected chi connectivity index (χ1v) is 39.8. The van der Waals surface area contributed by atoms with Crippen LogP contribution in [0.5, 0.6) is 0 Å². The van der Waals surface area contributed by atoms with Crippen molar-refractivity contribution >= 4 is 39.5 Å². The molecule has 0 amide bonds. The molecule has 0 aliphatic carbocycles. The minimum Gasteiger partial charge on any atom is -0.462 e. The summed E-state index contributed by atoms with van der Waals surface area (Å²) in [6, 6.07) is 0. The number of carbonyl (C=O) groups is 4. The van der Waals surface area contributed by atoms with Crippen LogP contribution in [-0.2, 0) is 65.4 Å². The molecular formula is C71H138O17P2. The molecular weight excluding hydrogens is 1190 g/mol. The topological polar surface area (TPSA) is 237 Å². The molecule has 4 unspecified atom stereocenters. The Balaban J connectivity index is 5.25. The number of aliphatic hydroxyl groups excluding tert-OH is 1. The first kappa shape index (κ1) is 88.1. The fourth-order valence-electron chi connectivity index (χ4n) is 10.6. The average molecular weight is 1330 g/mol. The van der Waals surface area contributed by atoms with Crippen molar-refractivity contribution in [1.29, 1.82) is 0 Å². The highest BCUT2D eigenvalue weighted by Crippen LogP contribution is 2.45. The van der Waals surface area contributed by atoms with Crippen LogP contribution in [0.1, 0.15) is 351 Å². The normalized spacial score (nSPS) is 14.9. The molecule has 0 aliphatic rings. The van der Waals surface area contributed by atoms with Crippen LogP contribution in [0.15, 0.2) is 0 Å². The van der Waals surface area contributed by atoms with Gasteiger partial charge in [0.15, 0.2) is 12.2 Å². The van der Waals surface area contributed by atoms with Crippen LogP contribution in [0, 0.1) is 23.7 Å². The molecule has 3 N–H and O–H groups in total. The van der Waals surface area contributed by atoms with Crippen LogP contribution in [0.25, 0.3) is 0 Å². The number of aliphatic hydroxyl groups is 1. The van der Waals surface area contributed by atoms with Crippen molar-refractivity contribution in [3.8, 4) is 0 Å². The summed E-state index contributed by atoms with van der Waals surface area (Å²) >= 11 is 0. The summed E-state index contributed by atoms with van der Waals surface area (Å²) in [5, 5.41) is 10.6. The van der Waals surface area contributed by atoms with Crippen molar-refractivity contribution in [1.82, 2.24) is 0 Å². The van der Waals surface area contributed by atoms with E-state index in [1.54, 1.807) is 0 Å². The van der Waals surface area contributed by atoms with Gasteiger partial charge in [-0.1, -0.05) is 299 Å². The summed E-state index contributed by atoms with van der Waals surface area (Å²) in [6.45, 7) is 14.1. The molecule has 0 rings (SSSR count). The number of phosphoric acid groups is 2. The van der Waals surface area contributed by atoms with Gasteiger partial charge in [0.1, 0.15) is 19.3 Å².